The highest BCUT2D eigenvalue weighted by Gasteiger charge is 2.38. The van der Waals surface area contributed by atoms with Crippen molar-refractivity contribution in [3.63, 3.8) is 0 Å². The van der Waals surface area contributed by atoms with E-state index in [2.05, 4.69) is 297 Å². The van der Waals surface area contributed by atoms with Crippen molar-refractivity contribution in [3.8, 4) is 50.6 Å². The van der Waals surface area contributed by atoms with Crippen LogP contribution >= 0.6 is 0 Å². The fourth-order valence-electron chi connectivity index (χ4n) is 15.6. The van der Waals surface area contributed by atoms with Crippen LogP contribution in [0.5, 0.6) is 0 Å². The molecule has 1 heteroatoms. The van der Waals surface area contributed by atoms with Gasteiger partial charge in [-0.25, -0.2) is 0 Å². The summed E-state index contributed by atoms with van der Waals surface area (Å²) in [7, 11) is 0. The van der Waals surface area contributed by atoms with Crippen molar-refractivity contribution < 1.29 is 0 Å². The molecule has 0 heterocycles. The SMILES string of the molecule is N#Cc1cc2ccc3c(C4=Cc5cccc6cccc4c56)c(C4Cc5cccc6cccc4c56)c(C4=CC=CC=C5C=CC=CC=C54)c(-c4ccc5cccccc4-5)c3c2c(-c2cccc3cc4ccccc4cc23)c1-c1cccc2ccccc12. The molecule has 0 aromatic heterocycles. The first-order valence-corrected chi connectivity index (χ1v) is 30.0. The van der Waals surface area contributed by atoms with E-state index in [0.29, 0.717) is 5.56 Å². The van der Waals surface area contributed by atoms with Gasteiger partial charge < -0.3 is 0 Å². The molecule has 6 aliphatic carbocycles. The maximum atomic E-state index is 11.9. The van der Waals surface area contributed by atoms with Crippen molar-refractivity contribution in [3.05, 3.63) is 341 Å². The minimum Gasteiger partial charge on any atom is -0.192 e. The fourth-order valence-corrected chi connectivity index (χ4v) is 15.6. The summed E-state index contributed by atoms with van der Waals surface area (Å²) in [5.74, 6) is -0.0443. The molecule has 396 valence electrons. The Balaban J connectivity index is 1.14. The Kier molecular flexibility index (Phi) is 10.6. The molecule has 18 rings (SSSR count). The van der Waals surface area contributed by atoms with Gasteiger partial charge in [-0.05, 0) is 206 Å². The molecule has 0 saturated heterocycles. The molecule has 0 radical (unpaired) electrons. The summed E-state index contributed by atoms with van der Waals surface area (Å²) in [4.78, 5) is 0. The molecular formula is C85H51N. The Hall–Kier alpha value is -11.2. The van der Waals surface area contributed by atoms with E-state index >= 15 is 0 Å². The lowest BCUT2D eigenvalue weighted by atomic mass is 9.71. The van der Waals surface area contributed by atoms with Gasteiger partial charge in [-0.15, -0.1) is 0 Å². The van der Waals surface area contributed by atoms with E-state index in [4.69, 9.17) is 0 Å². The third-order valence-corrected chi connectivity index (χ3v) is 19.1. The molecule has 0 saturated carbocycles. The highest BCUT2D eigenvalue weighted by atomic mass is 14.4. The summed E-state index contributed by atoms with van der Waals surface area (Å²) in [6.45, 7) is 0. The average molecular weight is 1090 g/mol. The Labute approximate surface area is 498 Å². The molecule has 0 N–H and O–H groups in total. The first-order chi connectivity index (χ1) is 42.6. The van der Waals surface area contributed by atoms with Crippen molar-refractivity contribution >= 4 is 92.6 Å². The standard InChI is InChI=1S/C85H51N/c86-50-62-46-61-42-44-72-80(74-48-59-31-13-26-54-28-16-39-69(74)76(54)59)85(75-49-60-32-14-27-55-29-17-40-70(75)77(55)60)82(67-36-12-10-21-51-19-3-1-5-33-64(51)67)83(71-43-41-53-20-4-2-6-34-65(53)71)84(72)79(61)81(78(62)66-37-15-25-52-22-9-11-35-63(52)66)68-38-18-30-58-45-56-23-7-8-24-57(56)47-73(58)68/h1-48,75H,49H2. The number of nitrogens with zero attached hydrogens (tertiary/aromatic N) is 1. The topological polar surface area (TPSA) is 23.8 Å². The van der Waals surface area contributed by atoms with Crippen molar-refractivity contribution in [2.75, 3.05) is 0 Å². The van der Waals surface area contributed by atoms with E-state index in [1.807, 2.05) is 0 Å². The number of allylic oxidation sites excluding steroid dienone is 12. The molecule has 0 spiro atoms. The smallest absolute Gasteiger partial charge is 0.0998 e. The molecule has 12 aromatic carbocycles. The molecule has 0 amide bonds. The zero-order valence-electron chi connectivity index (χ0n) is 46.9. The molecule has 0 aliphatic heterocycles. The van der Waals surface area contributed by atoms with Crippen molar-refractivity contribution in [2.24, 2.45) is 0 Å². The van der Waals surface area contributed by atoms with Gasteiger partial charge in [0.15, 0.2) is 0 Å². The van der Waals surface area contributed by atoms with Crippen molar-refractivity contribution in [2.45, 2.75) is 12.3 Å². The molecule has 86 heavy (non-hydrogen) atoms. The molecule has 1 atom stereocenters. The van der Waals surface area contributed by atoms with Gasteiger partial charge in [0.25, 0.3) is 0 Å². The van der Waals surface area contributed by atoms with Crippen LogP contribution in [0.3, 0.4) is 0 Å². The average Bonchev–Trinajstić information content (AvgIpc) is 1.16. The zero-order valence-corrected chi connectivity index (χ0v) is 46.9. The van der Waals surface area contributed by atoms with Crippen LogP contribution in [0.25, 0.3) is 137 Å². The Morgan fingerprint density at radius 3 is 1.88 bits per heavy atom. The molecule has 1 unspecified atom stereocenters. The van der Waals surface area contributed by atoms with Crippen molar-refractivity contribution in [1.82, 2.24) is 0 Å². The molecule has 1 nitrogen and oxygen atoms in total. The fraction of sp³-hybridized carbons (Fsp3) is 0.0235. The van der Waals surface area contributed by atoms with Crippen LogP contribution in [-0.4, -0.2) is 0 Å². The monoisotopic (exact) mass is 1090 g/mol. The number of hydrogen-bond donors (Lipinski definition) is 0. The van der Waals surface area contributed by atoms with Gasteiger partial charge >= 0.3 is 0 Å². The van der Waals surface area contributed by atoms with E-state index in [-0.39, 0.29) is 5.92 Å². The third-order valence-electron chi connectivity index (χ3n) is 19.1. The summed E-state index contributed by atoms with van der Waals surface area (Å²) in [6.07, 6.45) is 23.7. The number of hydrogen-bond acceptors (Lipinski definition) is 1. The van der Waals surface area contributed by atoms with Crippen LogP contribution in [0, 0.1) is 11.3 Å². The van der Waals surface area contributed by atoms with E-state index < -0.39 is 0 Å². The van der Waals surface area contributed by atoms with Crippen LogP contribution in [0.1, 0.15) is 50.4 Å². The van der Waals surface area contributed by atoms with Gasteiger partial charge in [-0.3, -0.25) is 0 Å². The van der Waals surface area contributed by atoms with Gasteiger partial charge in [0.1, 0.15) is 0 Å². The van der Waals surface area contributed by atoms with Gasteiger partial charge in [0.2, 0.25) is 0 Å². The van der Waals surface area contributed by atoms with Crippen molar-refractivity contribution in [1.29, 1.82) is 5.26 Å². The van der Waals surface area contributed by atoms with E-state index in [9.17, 15) is 5.26 Å². The Bertz CT molecular complexity index is 5600. The van der Waals surface area contributed by atoms with E-state index in [1.54, 1.807) is 0 Å². The predicted molar refractivity (Wildman–Crippen MR) is 364 cm³/mol. The van der Waals surface area contributed by atoms with Crippen LogP contribution in [0.2, 0.25) is 0 Å². The summed E-state index contributed by atoms with van der Waals surface area (Å²) in [5.41, 5.74) is 23.1. The predicted octanol–water partition coefficient (Wildman–Crippen LogP) is 22.3. The minimum absolute atomic E-state index is 0.0443. The second-order valence-electron chi connectivity index (χ2n) is 23.5. The highest BCUT2D eigenvalue weighted by Crippen LogP contribution is 2.59. The lowest BCUT2D eigenvalue weighted by Crippen LogP contribution is -2.12. The van der Waals surface area contributed by atoms with Crippen LogP contribution in [-0.2, 0) is 6.42 Å². The molecule has 6 aliphatic rings. The number of fused-ring (bicyclic) bond motifs is 8. The van der Waals surface area contributed by atoms with Crippen LogP contribution in [0.15, 0.2) is 296 Å². The molecular weight excluding hydrogens is 1030 g/mol. The Morgan fingerprint density at radius 1 is 0.349 bits per heavy atom. The summed E-state index contributed by atoms with van der Waals surface area (Å²) in [5, 5.41) is 28.4. The van der Waals surface area contributed by atoms with Gasteiger partial charge in [-0.1, -0.05) is 267 Å². The highest BCUT2D eigenvalue weighted by molar-refractivity contribution is 6.31. The number of rotatable bonds is 6. The van der Waals surface area contributed by atoms with E-state index in [0.717, 1.165) is 72.0 Å². The first-order valence-electron chi connectivity index (χ1n) is 30.0. The maximum absolute atomic E-state index is 11.9. The molecule has 12 aromatic rings. The number of benzene rings is 12. The summed E-state index contributed by atoms with van der Waals surface area (Å²) in [6, 6.07) is 88.9. The lowest BCUT2D eigenvalue weighted by Gasteiger charge is -2.31. The largest absolute Gasteiger partial charge is 0.192 e. The molecule has 0 fully saturated rings. The number of nitriles is 1. The Morgan fingerprint density at radius 2 is 1.01 bits per heavy atom. The molecule has 0 bridgehead atoms. The second-order valence-corrected chi connectivity index (χ2v) is 23.5. The normalized spacial score (nSPS) is 14.9. The minimum atomic E-state index is -0.0443. The second kappa shape index (κ2) is 18.9. The van der Waals surface area contributed by atoms with Gasteiger partial charge in [0, 0.05) is 11.5 Å². The van der Waals surface area contributed by atoms with E-state index in [1.165, 1.54) is 116 Å². The third kappa shape index (κ3) is 7.11. The van der Waals surface area contributed by atoms with Gasteiger partial charge in [-0.2, -0.15) is 5.26 Å². The quantitative estimate of drug-likeness (QED) is 0.120. The lowest BCUT2D eigenvalue weighted by molar-refractivity contribution is 0.844. The summed E-state index contributed by atoms with van der Waals surface area (Å²) >= 11 is 0. The van der Waals surface area contributed by atoms with Crippen LogP contribution < -0.4 is 0 Å². The van der Waals surface area contributed by atoms with Gasteiger partial charge in [0.05, 0.1) is 11.6 Å². The zero-order chi connectivity index (χ0) is 56.6. The van der Waals surface area contributed by atoms with Crippen LogP contribution in [0.4, 0.5) is 0 Å². The first kappa shape index (κ1) is 48.4. The maximum Gasteiger partial charge on any atom is 0.0998 e. The summed E-state index contributed by atoms with van der Waals surface area (Å²) < 4.78 is 0.